The molecule has 21 heavy (non-hydrogen) atoms. The van der Waals surface area contributed by atoms with Gasteiger partial charge in [0.05, 0.1) is 5.41 Å². The number of aromatic nitrogens is 2. The van der Waals surface area contributed by atoms with Gasteiger partial charge in [-0.15, -0.1) is 0 Å². The van der Waals surface area contributed by atoms with Crippen LogP contribution >= 0.6 is 0 Å². The third kappa shape index (κ3) is 2.70. The Balaban J connectivity index is 1.83. The maximum absolute atomic E-state index is 13.2. The molecule has 4 nitrogen and oxygen atoms in total. The Morgan fingerprint density at radius 3 is 2.95 bits per heavy atom. The summed E-state index contributed by atoms with van der Waals surface area (Å²) in [7, 11) is 0. The van der Waals surface area contributed by atoms with Crippen LogP contribution < -0.4 is 5.32 Å². The third-order valence-corrected chi connectivity index (χ3v) is 4.44. The molecule has 1 unspecified atom stereocenters. The highest BCUT2D eigenvalue weighted by molar-refractivity contribution is 5.20. The molecule has 112 valence electrons. The monoisotopic (exact) mass is 289 g/mol. The van der Waals surface area contributed by atoms with Gasteiger partial charge in [-0.25, -0.2) is 4.39 Å². The first-order chi connectivity index (χ1) is 10.1. The van der Waals surface area contributed by atoms with Crippen LogP contribution in [0.1, 0.15) is 37.5 Å². The molecule has 1 aromatic heterocycles. The molecule has 2 heterocycles. The van der Waals surface area contributed by atoms with Gasteiger partial charge in [0.1, 0.15) is 5.82 Å². The molecule has 5 heteroatoms. The van der Waals surface area contributed by atoms with Crippen LogP contribution in [-0.2, 0) is 11.8 Å². The van der Waals surface area contributed by atoms with Gasteiger partial charge in [0.15, 0.2) is 5.82 Å². The molecule has 1 aliphatic rings. The van der Waals surface area contributed by atoms with E-state index in [9.17, 15) is 4.39 Å². The normalized spacial score (nSPS) is 22.1. The van der Waals surface area contributed by atoms with E-state index >= 15 is 0 Å². The van der Waals surface area contributed by atoms with Gasteiger partial charge >= 0.3 is 0 Å². The second kappa shape index (κ2) is 5.56. The van der Waals surface area contributed by atoms with Crippen molar-refractivity contribution in [3.8, 4) is 0 Å². The van der Waals surface area contributed by atoms with Gasteiger partial charge in [-0.1, -0.05) is 31.1 Å². The molecule has 0 aliphatic carbocycles. The number of nitrogens with zero attached hydrogens (tertiary/aromatic N) is 2. The van der Waals surface area contributed by atoms with Gasteiger partial charge in [0.2, 0.25) is 5.89 Å². The molecular weight excluding hydrogens is 269 g/mol. The number of benzene rings is 1. The fraction of sp³-hybridized carbons (Fsp3) is 0.500. The first kappa shape index (κ1) is 14.2. The van der Waals surface area contributed by atoms with Crippen molar-refractivity contribution in [1.29, 1.82) is 0 Å². The summed E-state index contributed by atoms with van der Waals surface area (Å²) in [5.41, 5.74) is 0.776. The van der Waals surface area contributed by atoms with E-state index in [1.807, 2.05) is 6.07 Å². The van der Waals surface area contributed by atoms with E-state index in [0.29, 0.717) is 24.1 Å². The second-order valence-electron chi connectivity index (χ2n) is 6.06. The average molecular weight is 289 g/mol. The van der Waals surface area contributed by atoms with Crippen LogP contribution in [0.15, 0.2) is 28.8 Å². The van der Waals surface area contributed by atoms with E-state index in [2.05, 4.69) is 29.3 Å². The Bertz CT molecular complexity index is 617. The molecule has 3 rings (SSSR count). The minimum absolute atomic E-state index is 0.0762. The van der Waals surface area contributed by atoms with E-state index in [-0.39, 0.29) is 11.2 Å². The van der Waals surface area contributed by atoms with E-state index in [1.54, 1.807) is 6.07 Å². The van der Waals surface area contributed by atoms with Crippen LogP contribution in [-0.4, -0.2) is 23.2 Å². The molecule has 1 N–H and O–H groups in total. The summed E-state index contributed by atoms with van der Waals surface area (Å²) >= 11 is 0. The van der Waals surface area contributed by atoms with Crippen molar-refractivity contribution in [3.05, 3.63) is 47.4 Å². The Morgan fingerprint density at radius 2 is 2.29 bits per heavy atom. The van der Waals surface area contributed by atoms with E-state index in [4.69, 9.17) is 4.52 Å². The number of hydrogen-bond donors (Lipinski definition) is 1. The molecule has 1 fully saturated rings. The fourth-order valence-corrected chi connectivity index (χ4v) is 2.99. The van der Waals surface area contributed by atoms with Crippen molar-refractivity contribution >= 4 is 0 Å². The van der Waals surface area contributed by atoms with Gasteiger partial charge in [-0.2, -0.15) is 4.98 Å². The quantitative estimate of drug-likeness (QED) is 0.940. The maximum atomic E-state index is 13.2. The Morgan fingerprint density at radius 1 is 1.43 bits per heavy atom. The molecule has 1 aromatic carbocycles. The Hall–Kier alpha value is -1.75. The second-order valence-corrected chi connectivity index (χ2v) is 6.06. The molecule has 1 atom stereocenters. The summed E-state index contributed by atoms with van der Waals surface area (Å²) in [4.78, 5) is 4.57. The highest BCUT2D eigenvalue weighted by atomic mass is 19.1. The van der Waals surface area contributed by atoms with Crippen molar-refractivity contribution in [3.63, 3.8) is 0 Å². The Labute approximate surface area is 123 Å². The van der Waals surface area contributed by atoms with Crippen LogP contribution in [0.5, 0.6) is 0 Å². The number of hydrogen-bond acceptors (Lipinski definition) is 4. The molecule has 2 aromatic rings. The van der Waals surface area contributed by atoms with Crippen LogP contribution in [0.3, 0.4) is 0 Å². The van der Waals surface area contributed by atoms with Crippen LogP contribution in [0.25, 0.3) is 0 Å². The smallest absolute Gasteiger partial charge is 0.234 e. The van der Waals surface area contributed by atoms with Crippen molar-refractivity contribution in [1.82, 2.24) is 15.5 Å². The van der Waals surface area contributed by atoms with Gasteiger partial charge in [0, 0.05) is 13.0 Å². The Kier molecular flexibility index (Phi) is 3.76. The lowest BCUT2D eigenvalue weighted by Gasteiger charge is -2.28. The molecule has 1 aliphatic heterocycles. The summed E-state index contributed by atoms with van der Waals surface area (Å²) in [6.45, 7) is 6.21. The van der Waals surface area contributed by atoms with E-state index in [0.717, 1.165) is 25.1 Å². The SMILES string of the molecule is CC(C)C1(c2nc(Cc3cccc(F)c3)no2)CCNC1. The first-order valence-corrected chi connectivity index (χ1v) is 7.38. The molecule has 1 saturated heterocycles. The lowest BCUT2D eigenvalue weighted by atomic mass is 9.76. The minimum Gasteiger partial charge on any atom is -0.339 e. The topological polar surface area (TPSA) is 51.0 Å². The summed E-state index contributed by atoms with van der Waals surface area (Å²) in [5.74, 6) is 1.50. The lowest BCUT2D eigenvalue weighted by molar-refractivity contribution is 0.234. The van der Waals surface area contributed by atoms with Crippen LogP contribution in [0, 0.1) is 11.7 Å². The number of halogens is 1. The van der Waals surface area contributed by atoms with Crippen molar-refractivity contribution < 1.29 is 8.91 Å². The van der Waals surface area contributed by atoms with Gasteiger partial charge in [-0.05, 0) is 36.6 Å². The van der Waals surface area contributed by atoms with E-state index in [1.165, 1.54) is 12.1 Å². The average Bonchev–Trinajstić information content (AvgIpc) is 3.07. The third-order valence-electron chi connectivity index (χ3n) is 4.44. The van der Waals surface area contributed by atoms with Crippen molar-refractivity contribution in [2.24, 2.45) is 5.92 Å². The molecule has 0 spiro atoms. The van der Waals surface area contributed by atoms with Gasteiger partial charge in [-0.3, -0.25) is 0 Å². The zero-order valence-corrected chi connectivity index (χ0v) is 12.4. The number of nitrogens with one attached hydrogen (secondary N) is 1. The molecular formula is C16H20FN3O. The van der Waals surface area contributed by atoms with E-state index < -0.39 is 0 Å². The molecule has 0 bridgehead atoms. The van der Waals surface area contributed by atoms with Crippen LogP contribution in [0.2, 0.25) is 0 Å². The summed E-state index contributed by atoms with van der Waals surface area (Å²) < 4.78 is 18.7. The molecule has 0 radical (unpaired) electrons. The predicted octanol–water partition coefficient (Wildman–Crippen LogP) is 2.69. The zero-order valence-electron chi connectivity index (χ0n) is 12.4. The van der Waals surface area contributed by atoms with Crippen molar-refractivity contribution in [2.75, 3.05) is 13.1 Å². The summed E-state index contributed by atoms with van der Waals surface area (Å²) in [6, 6.07) is 6.51. The highest BCUT2D eigenvalue weighted by Crippen LogP contribution is 2.36. The zero-order chi connectivity index (χ0) is 14.9. The first-order valence-electron chi connectivity index (χ1n) is 7.38. The van der Waals surface area contributed by atoms with Gasteiger partial charge < -0.3 is 9.84 Å². The summed E-state index contributed by atoms with van der Waals surface area (Å²) in [5, 5.41) is 7.46. The molecule has 0 saturated carbocycles. The van der Waals surface area contributed by atoms with Crippen LogP contribution in [0.4, 0.5) is 4.39 Å². The maximum Gasteiger partial charge on any atom is 0.234 e. The largest absolute Gasteiger partial charge is 0.339 e. The summed E-state index contributed by atoms with van der Waals surface area (Å²) in [6.07, 6.45) is 1.50. The fourth-order valence-electron chi connectivity index (χ4n) is 2.99. The molecule has 0 amide bonds. The van der Waals surface area contributed by atoms with Gasteiger partial charge in [0.25, 0.3) is 0 Å². The predicted molar refractivity (Wildman–Crippen MR) is 77.5 cm³/mol. The lowest BCUT2D eigenvalue weighted by Crippen LogP contribution is -2.35. The standard InChI is InChI=1S/C16H20FN3O/c1-11(2)16(6-7-18-10-16)15-19-14(20-21-15)9-12-4-3-5-13(17)8-12/h3-5,8,11,18H,6-7,9-10H2,1-2H3. The van der Waals surface area contributed by atoms with Crippen molar-refractivity contribution in [2.45, 2.75) is 32.1 Å². The minimum atomic E-state index is -0.241. The number of rotatable bonds is 4. The highest BCUT2D eigenvalue weighted by Gasteiger charge is 2.43.